The molecule has 110 valence electrons. The van der Waals surface area contributed by atoms with Crippen LogP contribution < -0.4 is 4.90 Å². The van der Waals surface area contributed by atoms with Crippen molar-refractivity contribution in [1.29, 1.82) is 0 Å². The average molecular weight is 278 g/mol. The number of piperazine rings is 1. The van der Waals surface area contributed by atoms with Gasteiger partial charge in [-0.3, -0.25) is 4.79 Å². The molecule has 2 heterocycles. The van der Waals surface area contributed by atoms with E-state index in [4.69, 9.17) is 5.11 Å². The Bertz CT molecular complexity index is 441. The Morgan fingerprint density at radius 2 is 2.05 bits per heavy atom. The molecule has 20 heavy (non-hydrogen) atoms. The van der Waals surface area contributed by atoms with E-state index in [1.54, 1.807) is 19.3 Å². The van der Waals surface area contributed by atoms with Crippen molar-refractivity contribution in [3.63, 3.8) is 0 Å². The SMILES string of the molecule is CN1CCN(c2ccc(C(=O)N(C)CCO)cn2)CC1. The van der Waals surface area contributed by atoms with Crippen LogP contribution in [0.1, 0.15) is 10.4 Å². The van der Waals surface area contributed by atoms with Gasteiger partial charge in [0.05, 0.1) is 12.2 Å². The van der Waals surface area contributed by atoms with Crippen LogP contribution in [-0.2, 0) is 0 Å². The van der Waals surface area contributed by atoms with E-state index in [0.717, 1.165) is 32.0 Å². The highest BCUT2D eigenvalue weighted by Gasteiger charge is 2.16. The van der Waals surface area contributed by atoms with Crippen LogP contribution in [0.5, 0.6) is 0 Å². The molecule has 2 rings (SSSR count). The third-order valence-corrected chi connectivity index (χ3v) is 3.60. The molecule has 0 bridgehead atoms. The first-order valence-electron chi connectivity index (χ1n) is 6.87. The number of rotatable bonds is 4. The minimum absolute atomic E-state index is 0.0327. The second-order valence-electron chi connectivity index (χ2n) is 5.15. The molecule has 1 aromatic rings. The maximum atomic E-state index is 12.0. The number of nitrogens with zero attached hydrogens (tertiary/aromatic N) is 4. The van der Waals surface area contributed by atoms with Gasteiger partial charge in [0.1, 0.15) is 5.82 Å². The third kappa shape index (κ3) is 3.46. The maximum absolute atomic E-state index is 12.0. The van der Waals surface area contributed by atoms with Crippen LogP contribution in [0, 0.1) is 0 Å². The fourth-order valence-electron chi connectivity index (χ4n) is 2.21. The number of likely N-dealkylation sites (N-methyl/N-ethyl adjacent to an activating group) is 2. The Labute approximate surface area is 119 Å². The number of aliphatic hydroxyl groups excluding tert-OH is 1. The van der Waals surface area contributed by atoms with Crippen LogP contribution >= 0.6 is 0 Å². The first-order chi connectivity index (χ1) is 9.61. The Balaban J connectivity index is 2.01. The normalized spacial score (nSPS) is 16.2. The highest BCUT2D eigenvalue weighted by Crippen LogP contribution is 2.14. The molecule has 0 spiro atoms. The van der Waals surface area contributed by atoms with E-state index in [0.29, 0.717) is 12.1 Å². The van der Waals surface area contributed by atoms with E-state index in [2.05, 4.69) is 21.8 Å². The first kappa shape index (κ1) is 14.7. The van der Waals surface area contributed by atoms with Gasteiger partial charge in [0, 0.05) is 46.0 Å². The van der Waals surface area contributed by atoms with Gasteiger partial charge in [-0.05, 0) is 19.2 Å². The summed E-state index contributed by atoms with van der Waals surface area (Å²) in [5, 5.41) is 8.85. The molecule has 0 unspecified atom stereocenters. The van der Waals surface area contributed by atoms with Crippen molar-refractivity contribution in [2.24, 2.45) is 0 Å². The van der Waals surface area contributed by atoms with Crippen molar-refractivity contribution in [3.8, 4) is 0 Å². The molecular weight excluding hydrogens is 256 g/mol. The lowest BCUT2D eigenvalue weighted by Crippen LogP contribution is -2.44. The zero-order valence-corrected chi connectivity index (χ0v) is 12.1. The molecule has 0 atom stereocenters. The standard InChI is InChI=1S/C14H22N4O2/c1-16-5-7-18(8-6-16)13-4-3-12(11-15-13)14(20)17(2)9-10-19/h3-4,11,19H,5-10H2,1-2H3. The number of carbonyl (C=O) groups excluding carboxylic acids is 1. The smallest absolute Gasteiger partial charge is 0.255 e. The van der Waals surface area contributed by atoms with Crippen molar-refractivity contribution in [2.45, 2.75) is 0 Å². The van der Waals surface area contributed by atoms with Crippen LogP contribution in [0.25, 0.3) is 0 Å². The van der Waals surface area contributed by atoms with Gasteiger partial charge in [0.15, 0.2) is 0 Å². The molecular formula is C14H22N4O2. The average Bonchev–Trinajstić information content (AvgIpc) is 2.48. The van der Waals surface area contributed by atoms with E-state index in [-0.39, 0.29) is 12.5 Å². The van der Waals surface area contributed by atoms with Gasteiger partial charge in [-0.15, -0.1) is 0 Å². The molecule has 6 heteroatoms. The van der Waals surface area contributed by atoms with Crippen molar-refractivity contribution in [1.82, 2.24) is 14.8 Å². The van der Waals surface area contributed by atoms with Crippen molar-refractivity contribution < 1.29 is 9.90 Å². The quantitative estimate of drug-likeness (QED) is 0.833. The zero-order valence-electron chi connectivity index (χ0n) is 12.1. The highest BCUT2D eigenvalue weighted by molar-refractivity contribution is 5.93. The van der Waals surface area contributed by atoms with Crippen LogP contribution in [0.15, 0.2) is 18.3 Å². The van der Waals surface area contributed by atoms with Crippen LogP contribution in [0.2, 0.25) is 0 Å². The van der Waals surface area contributed by atoms with Gasteiger partial charge in [-0.2, -0.15) is 0 Å². The molecule has 1 fully saturated rings. The molecule has 1 aromatic heterocycles. The number of carbonyl (C=O) groups is 1. The number of amides is 1. The fourth-order valence-corrected chi connectivity index (χ4v) is 2.21. The summed E-state index contributed by atoms with van der Waals surface area (Å²) in [5.74, 6) is 0.802. The molecule has 0 aromatic carbocycles. The lowest BCUT2D eigenvalue weighted by atomic mass is 10.2. The molecule has 6 nitrogen and oxygen atoms in total. The zero-order chi connectivity index (χ0) is 14.5. The Morgan fingerprint density at radius 3 is 2.60 bits per heavy atom. The number of aliphatic hydroxyl groups is 1. The van der Waals surface area contributed by atoms with Crippen LogP contribution in [-0.4, -0.2) is 79.2 Å². The van der Waals surface area contributed by atoms with Crippen molar-refractivity contribution in [2.75, 3.05) is 58.3 Å². The minimum atomic E-state index is -0.114. The summed E-state index contributed by atoms with van der Waals surface area (Å²) in [4.78, 5) is 22.4. The van der Waals surface area contributed by atoms with Crippen LogP contribution in [0.3, 0.4) is 0 Å². The summed E-state index contributed by atoms with van der Waals surface area (Å²) >= 11 is 0. The maximum Gasteiger partial charge on any atom is 0.255 e. The van der Waals surface area contributed by atoms with Crippen LogP contribution in [0.4, 0.5) is 5.82 Å². The van der Waals surface area contributed by atoms with E-state index < -0.39 is 0 Å². The fraction of sp³-hybridized carbons (Fsp3) is 0.571. The second-order valence-corrected chi connectivity index (χ2v) is 5.15. The topological polar surface area (TPSA) is 59.9 Å². The van der Waals surface area contributed by atoms with Gasteiger partial charge in [-0.1, -0.05) is 0 Å². The molecule has 1 amide bonds. The first-order valence-corrected chi connectivity index (χ1v) is 6.87. The number of hydrogen-bond acceptors (Lipinski definition) is 5. The van der Waals surface area contributed by atoms with Gasteiger partial charge in [0.2, 0.25) is 0 Å². The highest BCUT2D eigenvalue weighted by atomic mass is 16.3. The predicted octanol–water partition coefficient (Wildman–Crippen LogP) is -0.102. The van der Waals surface area contributed by atoms with Gasteiger partial charge >= 0.3 is 0 Å². The number of anilines is 1. The summed E-state index contributed by atoms with van der Waals surface area (Å²) in [6.45, 7) is 4.28. The Kier molecular flexibility index (Phi) is 4.92. The lowest BCUT2D eigenvalue weighted by Gasteiger charge is -2.33. The molecule has 1 aliphatic heterocycles. The number of aromatic nitrogens is 1. The summed E-state index contributed by atoms with van der Waals surface area (Å²) in [7, 11) is 3.79. The molecule has 0 radical (unpaired) electrons. The summed E-state index contributed by atoms with van der Waals surface area (Å²) < 4.78 is 0. The van der Waals surface area contributed by atoms with Crippen molar-refractivity contribution in [3.05, 3.63) is 23.9 Å². The summed E-state index contributed by atoms with van der Waals surface area (Å²) in [6.07, 6.45) is 1.61. The van der Waals surface area contributed by atoms with E-state index >= 15 is 0 Å². The largest absolute Gasteiger partial charge is 0.395 e. The second kappa shape index (κ2) is 6.67. The van der Waals surface area contributed by atoms with Gasteiger partial charge in [-0.25, -0.2) is 4.98 Å². The lowest BCUT2D eigenvalue weighted by molar-refractivity contribution is 0.0766. The van der Waals surface area contributed by atoms with Gasteiger partial charge < -0.3 is 19.8 Å². The van der Waals surface area contributed by atoms with E-state index in [1.807, 2.05) is 6.07 Å². The summed E-state index contributed by atoms with van der Waals surface area (Å²) in [5.41, 5.74) is 0.554. The summed E-state index contributed by atoms with van der Waals surface area (Å²) in [6, 6.07) is 3.70. The Morgan fingerprint density at radius 1 is 1.35 bits per heavy atom. The van der Waals surface area contributed by atoms with E-state index in [9.17, 15) is 4.79 Å². The molecule has 1 N–H and O–H groups in total. The number of pyridine rings is 1. The molecule has 1 aliphatic rings. The third-order valence-electron chi connectivity index (χ3n) is 3.60. The Hall–Kier alpha value is -1.66. The monoisotopic (exact) mass is 278 g/mol. The minimum Gasteiger partial charge on any atom is -0.395 e. The van der Waals surface area contributed by atoms with Gasteiger partial charge in [0.25, 0.3) is 5.91 Å². The predicted molar refractivity (Wildman–Crippen MR) is 78.0 cm³/mol. The number of hydrogen-bond donors (Lipinski definition) is 1. The molecule has 1 saturated heterocycles. The van der Waals surface area contributed by atoms with E-state index in [1.165, 1.54) is 4.90 Å². The van der Waals surface area contributed by atoms with Crippen molar-refractivity contribution >= 4 is 11.7 Å². The molecule has 0 saturated carbocycles. The molecule has 0 aliphatic carbocycles.